The first-order valence-electron chi connectivity index (χ1n) is 9.50. The molecule has 0 spiro atoms. The van der Waals surface area contributed by atoms with Crippen molar-refractivity contribution in [3.8, 4) is 0 Å². The van der Waals surface area contributed by atoms with Crippen LogP contribution in [0.1, 0.15) is 97.8 Å². The van der Waals surface area contributed by atoms with Gasteiger partial charge in [0.05, 0.1) is 6.10 Å². The third-order valence-corrected chi connectivity index (χ3v) is 4.63. The third-order valence-electron chi connectivity index (χ3n) is 4.63. The van der Waals surface area contributed by atoms with Gasteiger partial charge in [-0.2, -0.15) is 0 Å². The molecular weight excluding hydrogens is 282 g/mol. The molecule has 2 atom stereocenters. The van der Waals surface area contributed by atoms with Crippen molar-refractivity contribution < 1.29 is 13.5 Å². The van der Waals surface area contributed by atoms with Gasteiger partial charge in [0.15, 0.2) is 0 Å². The minimum Gasteiger partial charge on any atom is -0.363 e. The van der Waals surface area contributed by atoms with Gasteiger partial charge in [-0.05, 0) is 18.8 Å². The zero-order valence-corrected chi connectivity index (χ0v) is 14.9. The second-order valence-electron chi connectivity index (χ2n) is 7.41. The summed E-state index contributed by atoms with van der Waals surface area (Å²) in [7, 11) is 0. The smallest absolute Gasteiger partial charge is 0.276 e. The Hall–Kier alpha value is -0.180. The second kappa shape index (κ2) is 10.6. The lowest BCUT2D eigenvalue weighted by Crippen LogP contribution is -2.25. The highest BCUT2D eigenvalue weighted by Gasteiger charge is 2.55. The number of rotatable bonds is 14. The fourth-order valence-electron chi connectivity index (χ4n) is 3.09. The summed E-state index contributed by atoms with van der Waals surface area (Å²) < 4.78 is 33.3. The van der Waals surface area contributed by atoms with E-state index in [1.165, 1.54) is 32.1 Å². The summed E-state index contributed by atoms with van der Waals surface area (Å²) in [5, 5.41) is 0. The highest BCUT2D eigenvalue weighted by Crippen LogP contribution is 2.42. The summed E-state index contributed by atoms with van der Waals surface area (Å²) in [6, 6.07) is 0. The van der Waals surface area contributed by atoms with E-state index in [1.54, 1.807) is 0 Å². The van der Waals surface area contributed by atoms with E-state index in [1.807, 2.05) is 0 Å². The van der Waals surface area contributed by atoms with Crippen LogP contribution >= 0.6 is 0 Å². The van der Waals surface area contributed by atoms with Crippen molar-refractivity contribution in [3.05, 3.63) is 0 Å². The topological polar surface area (TPSA) is 12.5 Å². The zero-order chi connectivity index (χ0) is 16.4. The number of ether oxygens (including phenoxy) is 1. The van der Waals surface area contributed by atoms with E-state index >= 15 is 0 Å². The van der Waals surface area contributed by atoms with Crippen LogP contribution in [0, 0.1) is 5.92 Å². The number of halogens is 2. The number of epoxide rings is 1. The molecule has 1 aliphatic rings. The highest BCUT2D eigenvalue weighted by molar-refractivity contribution is 4.95. The quantitative estimate of drug-likeness (QED) is 0.255. The van der Waals surface area contributed by atoms with Crippen molar-refractivity contribution in [1.29, 1.82) is 0 Å². The van der Waals surface area contributed by atoms with E-state index in [0.717, 1.165) is 32.1 Å². The molecule has 1 nitrogen and oxygen atoms in total. The minimum atomic E-state index is -2.61. The molecule has 1 rings (SSSR count). The molecule has 0 bridgehead atoms. The predicted molar refractivity (Wildman–Crippen MR) is 89.5 cm³/mol. The van der Waals surface area contributed by atoms with E-state index in [2.05, 4.69) is 20.8 Å². The van der Waals surface area contributed by atoms with E-state index < -0.39 is 12.0 Å². The molecule has 0 saturated carbocycles. The van der Waals surface area contributed by atoms with Gasteiger partial charge in [-0.15, -0.1) is 0 Å². The van der Waals surface area contributed by atoms with E-state index in [9.17, 15) is 8.78 Å². The molecule has 0 unspecified atom stereocenters. The van der Waals surface area contributed by atoms with Crippen LogP contribution in [-0.2, 0) is 4.74 Å². The molecular formula is C19H36F2O. The van der Waals surface area contributed by atoms with Gasteiger partial charge in [0.1, 0.15) is 6.10 Å². The van der Waals surface area contributed by atoms with E-state index in [4.69, 9.17) is 4.74 Å². The van der Waals surface area contributed by atoms with Gasteiger partial charge in [0.2, 0.25) is 0 Å². The fourth-order valence-corrected chi connectivity index (χ4v) is 3.09. The summed E-state index contributed by atoms with van der Waals surface area (Å²) in [5.74, 6) is -1.90. The van der Waals surface area contributed by atoms with Crippen LogP contribution < -0.4 is 0 Å². The Bertz CT molecular complexity index is 279. The largest absolute Gasteiger partial charge is 0.363 e. The first-order chi connectivity index (χ1) is 10.5. The molecule has 0 aromatic rings. The highest BCUT2D eigenvalue weighted by atomic mass is 19.3. The number of hydrogen-bond donors (Lipinski definition) is 0. The van der Waals surface area contributed by atoms with Crippen LogP contribution in [0.25, 0.3) is 0 Å². The van der Waals surface area contributed by atoms with Crippen LogP contribution in [0.15, 0.2) is 0 Å². The summed E-state index contributed by atoms with van der Waals surface area (Å²) in [6.45, 7) is 6.59. The second-order valence-corrected chi connectivity index (χ2v) is 7.41. The Morgan fingerprint density at radius 3 is 2.18 bits per heavy atom. The number of hydrogen-bond acceptors (Lipinski definition) is 1. The maximum atomic E-state index is 14.0. The maximum Gasteiger partial charge on any atom is 0.276 e. The van der Waals surface area contributed by atoms with Gasteiger partial charge in [-0.25, -0.2) is 8.78 Å². The summed E-state index contributed by atoms with van der Waals surface area (Å²) in [5.41, 5.74) is 0. The van der Waals surface area contributed by atoms with Crippen molar-refractivity contribution >= 4 is 0 Å². The molecule has 1 aliphatic heterocycles. The average molecular weight is 318 g/mol. The molecule has 1 saturated heterocycles. The molecule has 3 heteroatoms. The van der Waals surface area contributed by atoms with Gasteiger partial charge in [-0.3, -0.25) is 0 Å². The first kappa shape index (κ1) is 19.9. The van der Waals surface area contributed by atoms with Crippen molar-refractivity contribution in [2.45, 2.75) is 116 Å². The van der Waals surface area contributed by atoms with Crippen LogP contribution in [-0.4, -0.2) is 18.1 Å². The molecule has 22 heavy (non-hydrogen) atoms. The Morgan fingerprint density at radius 1 is 0.909 bits per heavy atom. The van der Waals surface area contributed by atoms with E-state index in [-0.39, 0.29) is 12.5 Å². The lowest BCUT2D eigenvalue weighted by Gasteiger charge is -2.13. The van der Waals surface area contributed by atoms with Gasteiger partial charge in [-0.1, -0.05) is 78.6 Å². The zero-order valence-electron chi connectivity index (χ0n) is 14.9. The van der Waals surface area contributed by atoms with Crippen molar-refractivity contribution in [2.75, 3.05) is 0 Å². The first-order valence-corrected chi connectivity index (χ1v) is 9.50. The van der Waals surface area contributed by atoms with Crippen LogP contribution in [0.3, 0.4) is 0 Å². The minimum absolute atomic E-state index is 0.00788. The SMILES string of the molecule is CCCCCCCCCC(F)(F)[C@@H]1O[C@@H]1CCCCC(C)C. The fraction of sp³-hybridized carbons (Fsp3) is 1.00. The Labute approximate surface area is 136 Å². The Morgan fingerprint density at radius 2 is 1.55 bits per heavy atom. The van der Waals surface area contributed by atoms with Gasteiger partial charge in [0.25, 0.3) is 5.92 Å². The van der Waals surface area contributed by atoms with Gasteiger partial charge >= 0.3 is 0 Å². The van der Waals surface area contributed by atoms with E-state index in [0.29, 0.717) is 12.3 Å². The molecule has 0 N–H and O–H groups in total. The molecule has 0 amide bonds. The van der Waals surface area contributed by atoms with Crippen molar-refractivity contribution in [1.82, 2.24) is 0 Å². The van der Waals surface area contributed by atoms with Gasteiger partial charge < -0.3 is 4.74 Å². The Balaban J connectivity index is 2.02. The lowest BCUT2D eigenvalue weighted by atomic mass is 10.00. The number of alkyl halides is 2. The molecule has 1 fully saturated rings. The normalized spacial score (nSPS) is 21.5. The maximum absolute atomic E-state index is 14.0. The molecule has 0 radical (unpaired) electrons. The number of unbranched alkanes of at least 4 members (excludes halogenated alkanes) is 7. The summed E-state index contributed by atoms with van der Waals surface area (Å²) in [6.07, 6.45) is 10.8. The average Bonchev–Trinajstić information content (AvgIpc) is 3.23. The van der Waals surface area contributed by atoms with Gasteiger partial charge in [0, 0.05) is 6.42 Å². The van der Waals surface area contributed by atoms with Crippen molar-refractivity contribution in [2.24, 2.45) is 5.92 Å². The van der Waals surface area contributed by atoms with Crippen LogP contribution in [0.5, 0.6) is 0 Å². The molecule has 0 aromatic carbocycles. The molecule has 0 aromatic heterocycles. The third kappa shape index (κ3) is 8.45. The van der Waals surface area contributed by atoms with Crippen LogP contribution in [0.2, 0.25) is 0 Å². The predicted octanol–water partition coefficient (Wildman–Crippen LogP) is 6.75. The summed E-state index contributed by atoms with van der Waals surface area (Å²) in [4.78, 5) is 0. The molecule has 0 aliphatic carbocycles. The summed E-state index contributed by atoms with van der Waals surface area (Å²) >= 11 is 0. The lowest BCUT2D eigenvalue weighted by molar-refractivity contribution is -0.0360. The van der Waals surface area contributed by atoms with Crippen LogP contribution in [0.4, 0.5) is 8.78 Å². The standard InChI is InChI=1S/C19H36F2O/c1-4-5-6-7-8-9-12-15-19(20,21)18-17(22-18)14-11-10-13-16(2)3/h16-18H,4-15H2,1-3H3/t17-,18-/m1/s1. The molecule has 132 valence electrons. The monoisotopic (exact) mass is 318 g/mol. The Kier molecular flexibility index (Phi) is 9.54. The molecule has 1 heterocycles. The van der Waals surface area contributed by atoms with Crippen molar-refractivity contribution in [3.63, 3.8) is 0 Å².